The van der Waals surface area contributed by atoms with Crippen molar-refractivity contribution in [3.8, 4) is 28.0 Å². The lowest BCUT2D eigenvalue weighted by atomic mass is 9.90. The van der Waals surface area contributed by atoms with Gasteiger partial charge in [-0.25, -0.2) is 9.59 Å². The van der Waals surface area contributed by atoms with Gasteiger partial charge >= 0.3 is 11.9 Å². The molecule has 51 heavy (non-hydrogen) atoms. The third-order valence-corrected chi connectivity index (χ3v) is 8.94. The van der Waals surface area contributed by atoms with E-state index >= 15 is 0 Å². The second-order valence-corrected chi connectivity index (χ2v) is 13.3. The van der Waals surface area contributed by atoms with Gasteiger partial charge in [-0.2, -0.15) is 0 Å². The first-order valence-electron chi connectivity index (χ1n) is 18.6. The fourth-order valence-electron chi connectivity index (χ4n) is 5.85. The smallest absolute Gasteiger partial charge is 0.333 e. The summed E-state index contributed by atoms with van der Waals surface area (Å²) >= 11 is 0. The molecule has 0 aromatic heterocycles. The van der Waals surface area contributed by atoms with Gasteiger partial charge in [0.1, 0.15) is 5.75 Å². The molecule has 7 heteroatoms. The first kappa shape index (κ1) is 41.2. The van der Waals surface area contributed by atoms with E-state index in [1.165, 1.54) is 36.0 Å². The number of unbranched alkanes of at least 4 members (excludes halogenated alkanes) is 2. The maximum atomic E-state index is 12.9. The van der Waals surface area contributed by atoms with Gasteiger partial charge in [0.15, 0.2) is 0 Å². The van der Waals surface area contributed by atoms with Crippen LogP contribution < -0.4 is 4.74 Å². The molecule has 276 valence electrons. The number of esters is 2. The van der Waals surface area contributed by atoms with Crippen LogP contribution >= 0.6 is 0 Å². The highest BCUT2D eigenvalue weighted by Gasteiger charge is 2.18. The van der Waals surface area contributed by atoms with Gasteiger partial charge in [0.2, 0.25) is 0 Å². The highest BCUT2D eigenvalue weighted by atomic mass is 16.5. The molecule has 0 saturated heterocycles. The maximum Gasteiger partial charge on any atom is 0.333 e. The SMILES string of the molecule is C=C(C)C(=O)OCCCc1cc(-c2ccc(-c3ccc(CCCCC)cc3)cc2CC)cc(C=C(C)C(=O)OCCC)c1OCCC(CO)CO. The van der Waals surface area contributed by atoms with Crippen LogP contribution in [0, 0.1) is 5.92 Å². The van der Waals surface area contributed by atoms with Crippen LogP contribution in [0.25, 0.3) is 28.3 Å². The molecule has 3 aromatic carbocycles. The Morgan fingerprint density at radius 2 is 1.43 bits per heavy atom. The van der Waals surface area contributed by atoms with Crippen molar-refractivity contribution >= 4 is 18.0 Å². The van der Waals surface area contributed by atoms with Crippen molar-refractivity contribution in [2.45, 2.75) is 92.4 Å². The Morgan fingerprint density at radius 1 is 0.745 bits per heavy atom. The Morgan fingerprint density at radius 3 is 2.08 bits per heavy atom. The van der Waals surface area contributed by atoms with Crippen LogP contribution in [-0.2, 0) is 38.3 Å². The summed E-state index contributed by atoms with van der Waals surface area (Å²) in [5, 5.41) is 19.3. The van der Waals surface area contributed by atoms with Crippen LogP contribution in [0.2, 0.25) is 0 Å². The van der Waals surface area contributed by atoms with E-state index in [9.17, 15) is 19.8 Å². The highest BCUT2D eigenvalue weighted by molar-refractivity contribution is 5.94. The summed E-state index contributed by atoms with van der Waals surface area (Å²) in [6, 6.07) is 19.6. The van der Waals surface area contributed by atoms with E-state index in [0.29, 0.717) is 42.8 Å². The molecular weight excluding hydrogens is 640 g/mol. The zero-order chi connectivity index (χ0) is 37.2. The molecule has 0 fully saturated rings. The number of aliphatic hydroxyl groups excluding tert-OH is 2. The van der Waals surface area contributed by atoms with Gasteiger partial charge in [-0.05, 0) is 116 Å². The molecule has 3 aromatic rings. The number of benzene rings is 3. The van der Waals surface area contributed by atoms with Gasteiger partial charge in [0.05, 0.1) is 19.8 Å². The zero-order valence-corrected chi connectivity index (χ0v) is 31.4. The molecule has 0 saturated carbocycles. The summed E-state index contributed by atoms with van der Waals surface area (Å²) in [5.74, 6) is -0.516. The molecule has 0 aliphatic carbocycles. The molecule has 0 unspecified atom stereocenters. The van der Waals surface area contributed by atoms with Crippen molar-refractivity contribution in [3.05, 3.63) is 94.6 Å². The minimum Gasteiger partial charge on any atom is -0.493 e. The van der Waals surface area contributed by atoms with Crippen molar-refractivity contribution in [1.29, 1.82) is 0 Å². The first-order chi connectivity index (χ1) is 24.6. The monoisotopic (exact) mass is 698 g/mol. The van der Waals surface area contributed by atoms with Crippen molar-refractivity contribution in [3.63, 3.8) is 0 Å². The molecule has 0 amide bonds. The van der Waals surface area contributed by atoms with Gasteiger partial charge in [0, 0.05) is 35.8 Å². The summed E-state index contributed by atoms with van der Waals surface area (Å²) in [6.07, 6.45) is 9.65. The molecule has 3 rings (SSSR count). The summed E-state index contributed by atoms with van der Waals surface area (Å²) in [5.41, 5.74) is 9.37. The fraction of sp³-hybridized carbons (Fsp3) is 0.455. The van der Waals surface area contributed by atoms with E-state index in [0.717, 1.165) is 47.1 Å². The van der Waals surface area contributed by atoms with Crippen molar-refractivity contribution in [2.75, 3.05) is 33.0 Å². The first-order valence-corrected chi connectivity index (χ1v) is 18.6. The van der Waals surface area contributed by atoms with Crippen LogP contribution in [0.3, 0.4) is 0 Å². The summed E-state index contributed by atoms with van der Waals surface area (Å²) < 4.78 is 17.2. The molecule has 0 heterocycles. The van der Waals surface area contributed by atoms with Crippen molar-refractivity contribution in [1.82, 2.24) is 0 Å². The van der Waals surface area contributed by atoms with E-state index in [4.69, 9.17) is 14.2 Å². The van der Waals surface area contributed by atoms with Gasteiger partial charge in [0.25, 0.3) is 0 Å². The Balaban J connectivity index is 2.09. The molecule has 0 aliphatic rings. The molecule has 0 atom stereocenters. The van der Waals surface area contributed by atoms with E-state index in [2.05, 4.69) is 69.0 Å². The predicted molar refractivity (Wildman–Crippen MR) is 207 cm³/mol. The second-order valence-electron chi connectivity index (χ2n) is 13.3. The second kappa shape index (κ2) is 21.9. The highest BCUT2D eigenvalue weighted by Crippen LogP contribution is 2.37. The van der Waals surface area contributed by atoms with Gasteiger partial charge in [-0.15, -0.1) is 0 Å². The topological polar surface area (TPSA) is 102 Å². The quantitative estimate of drug-likeness (QED) is 0.0613. The average Bonchev–Trinajstić information content (AvgIpc) is 3.14. The summed E-state index contributed by atoms with van der Waals surface area (Å²) in [6.45, 7) is 13.9. The van der Waals surface area contributed by atoms with Crippen molar-refractivity contribution < 1.29 is 34.0 Å². The normalized spacial score (nSPS) is 11.5. The number of rotatable bonds is 22. The van der Waals surface area contributed by atoms with E-state index in [1.54, 1.807) is 19.9 Å². The molecule has 0 radical (unpaired) electrons. The van der Waals surface area contributed by atoms with Crippen LogP contribution in [-0.4, -0.2) is 55.2 Å². The lowest BCUT2D eigenvalue weighted by Crippen LogP contribution is -2.15. The molecule has 2 N–H and O–H groups in total. The van der Waals surface area contributed by atoms with E-state index < -0.39 is 11.9 Å². The number of hydrogen-bond acceptors (Lipinski definition) is 7. The van der Waals surface area contributed by atoms with E-state index in [1.807, 2.05) is 13.0 Å². The van der Waals surface area contributed by atoms with Gasteiger partial charge in [-0.3, -0.25) is 0 Å². The number of aliphatic hydroxyl groups is 2. The van der Waals surface area contributed by atoms with Crippen LogP contribution in [0.15, 0.2) is 72.3 Å². The van der Waals surface area contributed by atoms with Crippen LogP contribution in [0.1, 0.15) is 95.4 Å². The Kier molecular flexibility index (Phi) is 17.7. The number of ether oxygens (including phenoxy) is 3. The average molecular weight is 699 g/mol. The standard InChI is InChI=1S/C44H58O7/c1-7-10-11-13-33-15-17-36(18-16-33)37-19-20-41(35(9-3)26-37)39-27-38(14-12-23-51-43(47)31(4)5)42(49-24-21-34(29-45)30-46)40(28-39)25-32(6)44(48)50-22-8-2/h15-20,25-28,34,45-46H,4,7-14,21-24,29-30H2,1-3,5-6H3. The molecule has 0 aliphatic heterocycles. The summed E-state index contributed by atoms with van der Waals surface area (Å²) in [7, 11) is 0. The van der Waals surface area contributed by atoms with Crippen molar-refractivity contribution in [2.24, 2.45) is 5.92 Å². The zero-order valence-electron chi connectivity index (χ0n) is 31.4. The van der Waals surface area contributed by atoms with Gasteiger partial charge < -0.3 is 24.4 Å². The lowest BCUT2D eigenvalue weighted by molar-refractivity contribution is -0.139. The predicted octanol–water partition coefficient (Wildman–Crippen LogP) is 9.09. The minimum atomic E-state index is -0.428. The van der Waals surface area contributed by atoms with Crippen LogP contribution in [0.4, 0.5) is 0 Å². The number of carbonyl (C=O) groups is 2. The van der Waals surface area contributed by atoms with Gasteiger partial charge in [-0.1, -0.05) is 82.7 Å². The largest absolute Gasteiger partial charge is 0.493 e. The summed E-state index contributed by atoms with van der Waals surface area (Å²) in [4.78, 5) is 25.0. The Hall–Kier alpha value is -4.20. The third kappa shape index (κ3) is 12.8. The van der Waals surface area contributed by atoms with Crippen LogP contribution in [0.5, 0.6) is 5.75 Å². The fourth-order valence-corrected chi connectivity index (χ4v) is 5.85. The molecule has 0 spiro atoms. The maximum absolute atomic E-state index is 12.9. The molecule has 0 bridgehead atoms. The Labute approximate surface area is 305 Å². The number of carbonyl (C=O) groups excluding carboxylic acids is 2. The van der Waals surface area contributed by atoms with E-state index in [-0.39, 0.29) is 32.3 Å². The minimum absolute atomic E-state index is 0.145. The number of aryl methyl sites for hydroxylation is 3. The number of hydrogen-bond donors (Lipinski definition) is 2. The molecular formula is C44H58O7. The Bertz CT molecular complexity index is 1600. The third-order valence-electron chi connectivity index (χ3n) is 8.94. The molecule has 7 nitrogen and oxygen atoms in total. The lowest BCUT2D eigenvalue weighted by Gasteiger charge is -2.20.